The van der Waals surface area contributed by atoms with Gasteiger partial charge in [0, 0.05) is 12.0 Å². The Morgan fingerprint density at radius 3 is 2.65 bits per heavy atom. The summed E-state index contributed by atoms with van der Waals surface area (Å²) < 4.78 is 16.2. The van der Waals surface area contributed by atoms with Crippen LogP contribution in [0.1, 0.15) is 25.2 Å². The van der Waals surface area contributed by atoms with Crippen molar-refractivity contribution in [3.8, 4) is 5.75 Å². The first kappa shape index (κ1) is 12.1. The third kappa shape index (κ3) is 2.84. The highest BCUT2D eigenvalue weighted by atomic mass is 16.7. The summed E-state index contributed by atoms with van der Waals surface area (Å²) in [5.41, 5.74) is 0.900. The first-order chi connectivity index (χ1) is 8.20. The average molecular weight is 236 g/mol. The predicted octanol–water partition coefficient (Wildman–Crippen LogP) is 2.09. The van der Waals surface area contributed by atoms with Crippen molar-refractivity contribution in [1.29, 1.82) is 0 Å². The van der Waals surface area contributed by atoms with Gasteiger partial charge in [0.1, 0.15) is 11.9 Å². The van der Waals surface area contributed by atoms with Crippen molar-refractivity contribution in [1.82, 2.24) is 0 Å². The summed E-state index contributed by atoms with van der Waals surface area (Å²) in [6.07, 6.45) is -0.179. The van der Waals surface area contributed by atoms with Crippen molar-refractivity contribution in [2.24, 2.45) is 0 Å². The minimum absolute atomic E-state index is 0.0480. The Morgan fingerprint density at radius 2 is 2.06 bits per heavy atom. The van der Waals surface area contributed by atoms with Crippen LogP contribution in [-0.4, -0.2) is 25.6 Å². The van der Waals surface area contributed by atoms with Gasteiger partial charge in [-0.2, -0.15) is 0 Å². The van der Waals surface area contributed by atoms with E-state index in [0.717, 1.165) is 11.3 Å². The standard InChI is InChI=1S/C13H16O4/c1-9(14)12-7-8-16-13(17-12)10-3-5-11(15-2)6-4-10/h3-6,12-13H,7-8H2,1-2H3/t12-,13-/m0/s1. The summed E-state index contributed by atoms with van der Waals surface area (Å²) in [7, 11) is 1.62. The molecule has 0 unspecified atom stereocenters. The fourth-order valence-corrected chi connectivity index (χ4v) is 1.77. The van der Waals surface area contributed by atoms with Crippen molar-refractivity contribution in [3.63, 3.8) is 0 Å². The molecule has 0 saturated carbocycles. The zero-order valence-corrected chi connectivity index (χ0v) is 10.0. The molecule has 1 aliphatic heterocycles. The number of carbonyl (C=O) groups is 1. The van der Waals surface area contributed by atoms with Gasteiger partial charge in [-0.25, -0.2) is 0 Å². The second-order valence-corrected chi connectivity index (χ2v) is 4.00. The average Bonchev–Trinajstić information content (AvgIpc) is 2.39. The summed E-state index contributed by atoms with van der Waals surface area (Å²) >= 11 is 0. The molecule has 1 aromatic carbocycles. The Balaban J connectivity index is 2.08. The summed E-state index contributed by atoms with van der Waals surface area (Å²) in [6, 6.07) is 7.46. The van der Waals surface area contributed by atoms with Crippen LogP contribution < -0.4 is 4.74 Å². The molecule has 1 aromatic rings. The first-order valence-electron chi connectivity index (χ1n) is 5.62. The molecular weight excluding hydrogens is 220 g/mol. The number of Topliss-reactive ketones (excluding diaryl/α,β-unsaturated/α-hetero) is 1. The fraction of sp³-hybridized carbons (Fsp3) is 0.462. The molecule has 0 radical (unpaired) electrons. The van der Waals surface area contributed by atoms with Gasteiger partial charge in [0.2, 0.25) is 0 Å². The van der Waals surface area contributed by atoms with E-state index in [0.29, 0.717) is 13.0 Å². The van der Waals surface area contributed by atoms with Crippen molar-refractivity contribution in [2.75, 3.05) is 13.7 Å². The van der Waals surface area contributed by atoms with Gasteiger partial charge in [0.15, 0.2) is 12.1 Å². The van der Waals surface area contributed by atoms with E-state index in [9.17, 15) is 4.79 Å². The van der Waals surface area contributed by atoms with Crippen molar-refractivity contribution < 1.29 is 19.0 Å². The van der Waals surface area contributed by atoms with E-state index in [4.69, 9.17) is 14.2 Å². The van der Waals surface area contributed by atoms with E-state index < -0.39 is 6.29 Å². The van der Waals surface area contributed by atoms with Gasteiger partial charge in [-0.3, -0.25) is 4.79 Å². The quantitative estimate of drug-likeness (QED) is 0.806. The van der Waals surface area contributed by atoms with Crippen LogP contribution in [0.3, 0.4) is 0 Å². The predicted molar refractivity (Wildman–Crippen MR) is 61.9 cm³/mol. The summed E-state index contributed by atoms with van der Waals surface area (Å²) in [5.74, 6) is 0.833. The van der Waals surface area contributed by atoms with Gasteiger partial charge in [-0.1, -0.05) is 12.1 Å². The summed E-state index contributed by atoms with van der Waals surface area (Å²) in [6.45, 7) is 2.09. The molecule has 1 saturated heterocycles. The minimum atomic E-state index is -0.455. The molecule has 4 heteroatoms. The number of methoxy groups -OCH3 is 1. The molecular formula is C13H16O4. The van der Waals surface area contributed by atoms with E-state index in [1.165, 1.54) is 0 Å². The smallest absolute Gasteiger partial charge is 0.184 e. The molecule has 0 bridgehead atoms. The zero-order chi connectivity index (χ0) is 12.3. The van der Waals surface area contributed by atoms with Crippen LogP contribution in [0, 0.1) is 0 Å². The van der Waals surface area contributed by atoms with Crippen LogP contribution in [0.2, 0.25) is 0 Å². The highest BCUT2D eigenvalue weighted by molar-refractivity contribution is 5.80. The van der Waals surface area contributed by atoms with E-state index in [1.54, 1.807) is 14.0 Å². The molecule has 17 heavy (non-hydrogen) atoms. The maximum absolute atomic E-state index is 11.3. The molecule has 1 heterocycles. The van der Waals surface area contributed by atoms with E-state index in [-0.39, 0.29) is 11.9 Å². The molecule has 0 aromatic heterocycles. The van der Waals surface area contributed by atoms with Crippen LogP contribution in [0.5, 0.6) is 5.75 Å². The number of benzene rings is 1. The Bertz CT molecular complexity index is 385. The molecule has 0 amide bonds. The maximum Gasteiger partial charge on any atom is 0.184 e. The SMILES string of the molecule is COc1ccc([C@H]2OCC[C@@H](C(C)=O)O2)cc1. The Kier molecular flexibility index (Phi) is 3.76. The number of ketones is 1. The van der Waals surface area contributed by atoms with E-state index >= 15 is 0 Å². The van der Waals surface area contributed by atoms with Crippen LogP contribution in [-0.2, 0) is 14.3 Å². The van der Waals surface area contributed by atoms with Gasteiger partial charge in [0.05, 0.1) is 13.7 Å². The van der Waals surface area contributed by atoms with Gasteiger partial charge in [-0.15, -0.1) is 0 Å². The molecule has 1 aliphatic rings. The number of carbonyl (C=O) groups excluding carboxylic acids is 1. The Hall–Kier alpha value is -1.39. The van der Waals surface area contributed by atoms with Crippen LogP contribution >= 0.6 is 0 Å². The summed E-state index contributed by atoms with van der Waals surface area (Å²) in [4.78, 5) is 11.3. The fourth-order valence-electron chi connectivity index (χ4n) is 1.77. The topological polar surface area (TPSA) is 44.8 Å². The van der Waals surface area contributed by atoms with Gasteiger partial charge >= 0.3 is 0 Å². The van der Waals surface area contributed by atoms with Crippen molar-refractivity contribution in [3.05, 3.63) is 29.8 Å². The van der Waals surface area contributed by atoms with Crippen molar-refractivity contribution in [2.45, 2.75) is 25.7 Å². The lowest BCUT2D eigenvalue weighted by Gasteiger charge is -2.29. The van der Waals surface area contributed by atoms with E-state index in [2.05, 4.69) is 0 Å². The van der Waals surface area contributed by atoms with Crippen LogP contribution in [0.15, 0.2) is 24.3 Å². The maximum atomic E-state index is 11.3. The first-order valence-corrected chi connectivity index (χ1v) is 5.62. The third-order valence-corrected chi connectivity index (χ3v) is 2.78. The lowest BCUT2D eigenvalue weighted by molar-refractivity contribution is -0.215. The molecule has 4 nitrogen and oxygen atoms in total. The summed E-state index contributed by atoms with van der Waals surface area (Å²) in [5, 5.41) is 0. The lowest BCUT2D eigenvalue weighted by Crippen LogP contribution is -2.31. The van der Waals surface area contributed by atoms with Gasteiger partial charge in [-0.05, 0) is 19.1 Å². The number of ether oxygens (including phenoxy) is 3. The largest absolute Gasteiger partial charge is 0.497 e. The molecule has 1 fully saturated rings. The number of hydrogen-bond acceptors (Lipinski definition) is 4. The van der Waals surface area contributed by atoms with Crippen LogP contribution in [0.25, 0.3) is 0 Å². The Morgan fingerprint density at radius 1 is 1.35 bits per heavy atom. The molecule has 0 aliphatic carbocycles. The minimum Gasteiger partial charge on any atom is -0.497 e. The zero-order valence-electron chi connectivity index (χ0n) is 10.0. The Labute approximate surface area is 100 Å². The lowest BCUT2D eigenvalue weighted by atomic mass is 10.1. The molecule has 2 atom stereocenters. The van der Waals surface area contributed by atoms with Gasteiger partial charge < -0.3 is 14.2 Å². The highest BCUT2D eigenvalue weighted by Crippen LogP contribution is 2.27. The third-order valence-electron chi connectivity index (χ3n) is 2.78. The monoisotopic (exact) mass is 236 g/mol. The van der Waals surface area contributed by atoms with Gasteiger partial charge in [0.25, 0.3) is 0 Å². The molecule has 0 spiro atoms. The second-order valence-electron chi connectivity index (χ2n) is 4.00. The highest BCUT2D eigenvalue weighted by Gasteiger charge is 2.26. The number of hydrogen-bond donors (Lipinski definition) is 0. The van der Waals surface area contributed by atoms with Crippen LogP contribution in [0.4, 0.5) is 0 Å². The second kappa shape index (κ2) is 5.29. The molecule has 92 valence electrons. The van der Waals surface area contributed by atoms with Crippen molar-refractivity contribution >= 4 is 5.78 Å². The molecule has 0 N–H and O–H groups in total. The van der Waals surface area contributed by atoms with E-state index in [1.807, 2.05) is 24.3 Å². The normalized spacial score (nSPS) is 24.4. The number of rotatable bonds is 3. The molecule has 2 rings (SSSR count).